The molecule has 1 aromatic heterocycles. The summed E-state index contributed by atoms with van der Waals surface area (Å²) in [5.74, 6) is 0. The zero-order valence-corrected chi connectivity index (χ0v) is 14.6. The second kappa shape index (κ2) is 7.01. The molecule has 21 heavy (non-hydrogen) atoms. The van der Waals surface area contributed by atoms with Gasteiger partial charge in [0.25, 0.3) is 0 Å². The molecule has 0 spiro atoms. The van der Waals surface area contributed by atoms with E-state index in [9.17, 15) is 0 Å². The highest BCUT2D eigenvalue weighted by molar-refractivity contribution is 7.99. The minimum Gasteiger partial charge on any atom is -0.308 e. The third-order valence-electron chi connectivity index (χ3n) is 2.76. The number of pyridine rings is 1. The van der Waals surface area contributed by atoms with Crippen molar-refractivity contribution < 1.29 is 0 Å². The summed E-state index contributed by atoms with van der Waals surface area (Å²) in [6, 6.07) is 9.48. The van der Waals surface area contributed by atoms with Crippen molar-refractivity contribution in [1.82, 2.24) is 10.3 Å². The van der Waals surface area contributed by atoms with Crippen LogP contribution in [0.1, 0.15) is 26.3 Å². The second-order valence-corrected chi connectivity index (χ2v) is 7.62. The van der Waals surface area contributed by atoms with E-state index in [0.29, 0.717) is 10.0 Å². The van der Waals surface area contributed by atoms with Crippen molar-refractivity contribution >= 4 is 35.0 Å². The van der Waals surface area contributed by atoms with Crippen molar-refractivity contribution in [1.29, 1.82) is 0 Å². The molecule has 0 aliphatic carbocycles. The van der Waals surface area contributed by atoms with Gasteiger partial charge in [-0.2, -0.15) is 0 Å². The Hall–Kier alpha value is -0.740. The average molecular weight is 341 g/mol. The summed E-state index contributed by atoms with van der Waals surface area (Å²) >= 11 is 13.8. The molecule has 1 aromatic carbocycles. The fourth-order valence-electron chi connectivity index (χ4n) is 1.67. The summed E-state index contributed by atoms with van der Waals surface area (Å²) < 4.78 is 0. The molecule has 112 valence electrons. The van der Waals surface area contributed by atoms with Gasteiger partial charge in [0.2, 0.25) is 0 Å². The Morgan fingerprint density at radius 3 is 2.67 bits per heavy atom. The van der Waals surface area contributed by atoms with E-state index in [1.807, 2.05) is 18.2 Å². The standard InChI is InChI=1S/C16H18Cl2N2S/c1-16(2,3)20-10-11-5-4-8-19-15(11)21-14-9-12(17)6-7-13(14)18/h4-9,20H,10H2,1-3H3. The van der Waals surface area contributed by atoms with Gasteiger partial charge in [-0.15, -0.1) is 0 Å². The smallest absolute Gasteiger partial charge is 0.105 e. The largest absolute Gasteiger partial charge is 0.308 e. The number of hydrogen-bond acceptors (Lipinski definition) is 3. The molecule has 0 amide bonds. The number of nitrogens with one attached hydrogen (secondary N) is 1. The van der Waals surface area contributed by atoms with Crippen LogP contribution in [0.4, 0.5) is 0 Å². The molecule has 1 heterocycles. The van der Waals surface area contributed by atoms with Crippen LogP contribution in [0.2, 0.25) is 10.0 Å². The van der Waals surface area contributed by atoms with Crippen LogP contribution in [0.25, 0.3) is 0 Å². The minimum absolute atomic E-state index is 0.0610. The van der Waals surface area contributed by atoms with Gasteiger partial charge >= 0.3 is 0 Å². The first-order chi connectivity index (χ1) is 9.85. The van der Waals surface area contributed by atoms with Crippen LogP contribution < -0.4 is 5.32 Å². The topological polar surface area (TPSA) is 24.9 Å². The van der Waals surface area contributed by atoms with Gasteiger partial charge < -0.3 is 5.32 Å². The fraction of sp³-hybridized carbons (Fsp3) is 0.312. The maximum absolute atomic E-state index is 6.23. The van der Waals surface area contributed by atoms with E-state index in [0.717, 1.165) is 22.0 Å². The molecule has 0 saturated carbocycles. The lowest BCUT2D eigenvalue weighted by Gasteiger charge is -2.21. The van der Waals surface area contributed by atoms with E-state index in [1.54, 1.807) is 12.3 Å². The van der Waals surface area contributed by atoms with Crippen molar-refractivity contribution in [3.8, 4) is 0 Å². The van der Waals surface area contributed by atoms with Crippen molar-refractivity contribution in [2.45, 2.75) is 42.8 Å². The predicted molar refractivity (Wildman–Crippen MR) is 91.4 cm³/mol. The molecule has 0 fully saturated rings. The first-order valence-corrected chi connectivity index (χ1v) is 8.24. The second-order valence-electron chi connectivity index (χ2n) is 5.75. The lowest BCUT2D eigenvalue weighted by Crippen LogP contribution is -2.35. The third kappa shape index (κ3) is 5.19. The van der Waals surface area contributed by atoms with E-state index >= 15 is 0 Å². The molecule has 0 unspecified atom stereocenters. The van der Waals surface area contributed by atoms with Crippen molar-refractivity contribution in [2.24, 2.45) is 0 Å². The van der Waals surface area contributed by atoms with Gasteiger partial charge in [-0.1, -0.05) is 41.0 Å². The highest BCUT2D eigenvalue weighted by Crippen LogP contribution is 2.35. The van der Waals surface area contributed by atoms with Crippen LogP contribution in [-0.4, -0.2) is 10.5 Å². The molecular formula is C16H18Cl2N2S. The number of hydrogen-bond donors (Lipinski definition) is 1. The highest BCUT2D eigenvalue weighted by Gasteiger charge is 2.12. The molecule has 0 atom stereocenters. The van der Waals surface area contributed by atoms with Crippen molar-refractivity contribution in [2.75, 3.05) is 0 Å². The lowest BCUT2D eigenvalue weighted by molar-refractivity contribution is 0.422. The van der Waals surface area contributed by atoms with Crippen LogP contribution in [0.3, 0.4) is 0 Å². The van der Waals surface area contributed by atoms with Gasteiger partial charge in [-0.05, 0) is 50.6 Å². The number of benzene rings is 1. The summed E-state index contributed by atoms with van der Waals surface area (Å²) in [5.41, 5.74) is 1.21. The average Bonchev–Trinajstić information content (AvgIpc) is 2.41. The van der Waals surface area contributed by atoms with Crippen LogP contribution in [0.5, 0.6) is 0 Å². The molecule has 2 rings (SSSR count). The van der Waals surface area contributed by atoms with Gasteiger partial charge in [0.1, 0.15) is 5.03 Å². The van der Waals surface area contributed by atoms with Gasteiger partial charge in [0.15, 0.2) is 0 Å². The van der Waals surface area contributed by atoms with Gasteiger partial charge in [-0.25, -0.2) is 4.98 Å². The first-order valence-electron chi connectivity index (χ1n) is 6.67. The normalized spacial score (nSPS) is 11.7. The molecule has 0 radical (unpaired) electrons. The van der Waals surface area contributed by atoms with Gasteiger partial charge in [0.05, 0.1) is 5.02 Å². The Morgan fingerprint density at radius 2 is 1.95 bits per heavy atom. The quantitative estimate of drug-likeness (QED) is 0.803. The van der Waals surface area contributed by atoms with E-state index in [1.165, 1.54) is 11.8 Å². The summed E-state index contributed by atoms with van der Waals surface area (Å²) in [5, 5.41) is 5.78. The summed E-state index contributed by atoms with van der Waals surface area (Å²) in [6.45, 7) is 7.19. The Balaban J connectivity index is 2.22. The van der Waals surface area contributed by atoms with Gasteiger partial charge in [-0.3, -0.25) is 0 Å². The van der Waals surface area contributed by atoms with E-state index < -0.39 is 0 Å². The molecule has 2 aromatic rings. The predicted octanol–water partition coefficient (Wildman–Crippen LogP) is 5.43. The maximum atomic E-state index is 6.23. The maximum Gasteiger partial charge on any atom is 0.105 e. The van der Waals surface area contributed by atoms with E-state index in [-0.39, 0.29) is 5.54 Å². The van der Waals surface area contributed by atoms with Crippen molar-refractivity contribution in [3.63, 3.8) is 0 Å². The number of halogens is 2. The Labute approximate surface area is 140 Å². The number of rotatable bonds is 4. The molecular weight excluding hydrogens is 323 g/mol. The molecule has 2 nitrogen and oxygen atoms in total. The number of aromatic nitrogens is 1. The summed E-state index contributed by atoms with van der Waals surface area (Å²) in [6.07, 6.45) is 1.79. The minimum atomic E-state index is 0.0610. The van der Waals surface area contributed by atoms with E-state index in [2.05, 4.69) is 37.1 Å². The zero-order chi connectivity index (χ0) is 15.5. The molecule has 0 bridgehead atoms. The molecule has 0 saturated heterocycles. The molecule has 5 heteroatoms. The summed E-state index contributed by atoms with van der Waals surface area (Å²) in [7, 11) is 0. The zero-order valence-electron chi connectivity index (χ0n) is 12.3. The Bertz CT molecular complexity index is 624. The Kier molecular flexibility index (Phi) is 5.55. The summed E-state index contributed by atoms with van der Waals surface area (Å²) in [4.78, 5) is 5.38. The molecule has 1 N–H and O–H groups in total. The Morgan fingerprint density at radius 1 is 1.19 bits per heavy atom. The highest BCUT2D eigenvalue weighted by atomic mass is 35.5. The number of nitrogens with zero attached hydrogens (tertiary/aromatic N) is 1. The van der Waals surface area contributed by atoms with Crippen LogP contribution in [-0.2, 0) is 6.54 Å². The van der Waals surface area contributed by atoms with Gasteiger partial charge in [0, 0.05) is 28.2 Å². The van der Waals surface area contributed by atoms with Crippen molar-refractivity contribution in [3.05, 3.63) is 52.1 Å². The molecule has 0 aliphatic rings. The third-order valence-corrected chi connectivity index (χ3v) is 4.55. The molecule has 0 aliphatic heterocycles. The van der Waals surface area contributed by atoms with E-state index in [4.69, 9.17) is 23.2 Å². The first kappa shape index (κ1) is 16.6. The SMILES string of the molecule is CC(C)(C)NCc1cccnc1Sc1cc(Cl)ccc1Cl. The van der Waals surface area contributed by atoms with Crippen LogP contribution in [0, 0.1) is 0 Å². The lowest BCUT2D eigenvalue weighted by atomic mass is 10.1. The fourth-order valence-corrected chi connectivity index (χ4v) is 3.09. The van der Waals surface area contributed by atoms with Crippen LogP contribution in [0.15, 0.2) is 46.5 Å². The monoisotopic (exact) mass is 340 g/mol. The van der Waals surface area contributed by atoms with Crippen LogP contribution >= 0.6 is 35.0 Å².